The normalized spacial score (nSPS) is 15.0. The number of ether oxygens (including phenoxy) is 1. The van der Waals surface area contributed by atoms with E-state index in [2.05, 4.69) is 5.32 Å². The Morgan fingerprint density at radius 2 is 1.77 bits per heavy atom. The molecule has 3 rings (SSSR count). The Morgan fingerprint density at radius 3 is 2.35 bits per heavy atom. The van der Waals surface area contributed by atoms with Gasteiger partial charge in [0.1, 0.15) is 17.4 Å². The van der Waals surface area contributed by atoms with Crippen molar-refractivity contribution in [2.45, 2.75) is 25.7 Å². The van der Waals surface area contributed by atoms with Crippen molar-refractivity contribution in [1.29, 1.82) is 0 Å². The van der Waals surface area contributed by atoms with Gasteiger partial charge in [-0.1, -0.05) is 18.6 Å². The van der Waals surface area contributed by atoms with Crippen LogP contribution < -0.4 is 10.1 Å². The number of rotatable bonds is 6. The number of nitrogens with one attached hydrogen (secondary N) is 1. The second-order valence-corrected chi connectivity index (χ2v) is 6.37. The number of hydrogen-bond donors (Lipinski definition) is 2. The maximum Gasteiger partial charge on any atom is 0.310 e. The number of para-hydroxylation sites is 2. The van der Waals surface area contributed by atoms with E-state index in [4.69, 9.17) is 4.74 Å². The van der Waals surface area contributed by atoms with Crippen molar-refractivity contribution in [3.8, 4) is 11.5 Å². The van der Waals surface area contributed by atoms with Crippen molar-refractivity contribution in [2.75, 3.05) is 5.32 Å². The molecule has 0 spiro atoms. The number of amides is 1. The number of anilines is 1. The maximum atomic E-state index is 13.3. The molecule has 0 bridgehead atoms. The fourth-order valence-electron chi connectivity index (χ4n) is 2.94. The minimum absolute atomic E-state index is 0.0507. The summed E-state index contributed by atoms with van der Waals surface area (Å²) in [5.41, 5.74) is -0.715. The van der Waals surface area contributed by atoms with Gasteiger partial charge in [0.05, 0.1) is 11.1 Å². The average molecular weight is 361 g/mol. The van der Waals surface area contributed by atoms with Crippen molar-refractivity contribution in [3.05, 3.63) is 54.1 Å². The molecule has 1 amide bonds. The first-order valence-electron chi connectivity index (χ1n) is 8.14. The smallest absolute Gasteiger partial charge is 0.310 e. The fourth-order valence-corrected chi connectivity index (χ4v) is 2.94. The minimum Gasteiger partial charge on any atom is -0.481 e. The molecule has 0 unspecified atom stereocenters. The lowest BCUT2D eigenvalue weighted by atomic mass is 9.66. The molecule has 0 atom stereocenters. The predicted octanol–water partition coefficient (Wildman–Crippen LogP) is 4.34. The maximum absolute atomic E-state index is 13.3. The molecule has 2 N–H and O–H groups in total. The van der Waals surface area contributed by atoms with Gasteiger partial charge >= 0.3 is 5.97 Å². The van der Waals surface area contributed by atoms with Crippen LogP contribution >= 0.6 is 0 Å². The van der Waals surface area contributed by atoms with Crippen LogP contribution in [0.3, 0.4) is 0 Å². The Hall–Kier alpha value is -2.96. The van der Waals surface area contributed by atoms with Gasteiger partial charge in [0.2, 0.25) is 5.91 Å². The number of halogens is 2. The third-order valence-electron chi connectivity index (χ3n) is 4.49. The molecule has 7 heteroatoms. The van der Waals surface area contributed by atoms with Gasteiger partial charge in [-0.05, 0) is 25.0 Å². The zero-order valence-corrected chi connectivity index (χ0v) is 13.8. The number of carbonyl (C=O) groups excluding carboxylic acids is 1. The number of hydrogen-bond acceptors (Lipinski definition) is 3. The lowest BCUT2D eigenvalue weighted by Gasteiger charge is -2.36. The Bertz CT molecular complexity index is 829. The summed E-state index contributed by atoms with van der Waals surface area (Å²) in [5.74, 6) is -2.84. The molecular weight excluding hydrogens is 344 g/mol. The molecule has 0 heterocycles. The van der Waals surface area contributed by atoms with E-state index in [1.165, 1.54) is 6.07 Å². The molecule has 2 aromatic rings. The summed E-state index contributed by atoms with van der Waals surface area (Å²) >= 11 is 0. The number of aliphatic carboxylic acids is 1. The van der Waals surface area contributed by atoms with E-state index < -0.39 is 28.9 Å². The first-order valence-corrected chi connectivity index (χ1v) is 8.14. The Morgan fingerprint density at radius 1 is 1.12 bits per heavy atom. The molecule has 1 aliphatic rings. The van der Waals surface area contributed by atoms with E-state index in [-0.39, 0.29) is 17.9 Å². The van der Waals surface area contributed by atoms with E-state index in [0.717, 1.165) is 24.6 Å². The Balaban J connectivity index is 1.75. The molecule has 0 saturated heterocycles. The second kappa shape index (κ2) is 7.11. The van der Waals surface area contributed by atoms with Crippen LogP contribution in [-0.4, -0.2) is 17.0 Å². The Labute approximate surface area is 148 Å². The lowest BCUT2D eigenvalue weighted by Crippen LogP contribution is -2.41. The largest absolute Gasteiger partial charge is 0.481 e. The van der Waals surface area contributed by atoms with Crippen LogP contribution in [0.25, 0.3) is 0 Å². The summed E-state index contributed by atoms with van der Waals surface area (Å²) in [4.78, 5) is 23.7. The van der Waals surface area contributed by atoms with Gasteiger partial charge in [0, 0.05) is 24.6 Å². The van der Waals surface area contributed by atoms with E-state index in [0.29, 0.717) is 18.5 Å². The van der Waals surface area contributed by atoms with Gasteiger partial charge in [-0.3, -0.25) is 9.59 Å². The predicted molar refractivity (Wildman–Crippen MR) is 90.0 cm³/mol. The average Bonchev–Trinajstić information content (AvgIpc) is 2.51. The third-order valence-corrected chi connectivity index (χ3v) is 4.49. The first-order chi connectivity index (χ1) is 12.4. The van der Waals surface area contributed by atoms with Gasteiger partial charge in [-0.2, -0.15) is 0 Å². The number of carboxylic acid groups (broad SMARTS) is 1. The summed E-state index contributed by atoms with van der Waals surface area (Å²) in [5, 5.41) is 11.9. The standard InChI is InChI=1S/C19H17F2NO4/c20-12-8-13(21)10-14(9-12)26-16-5-2-1-4-15(16)22-17(23)11-19(18(24)25)6-3-7-19/h1-2,4-5,8-10H,3,6-7,11H2,(H,22,23)(H,24,25). The zero-order valence-electron chi connectivity index (χ0n) is 13.8. The van der Waals surface area contributed by atoms with Gasteiger partial charge in [-0.25, -0.2) is 8.78 Å². The van der Waals surface area contributed by atoms with Crippen molar-refractivity contribution in [3.63, 3.8) is 0 Å². The van der Waals surface area contributed by atoms with Crippen LogP contribution in [0, 0.1) is 17.0 Å². The van der Waals surface area contributed by atoms with Crippen LogP contribution in [0.15, 0.2) is 42.5 Å². The minimum atomic E-state index is -1.01. The number of benzene rings is 2. The van der Waals surface area contributed by atoms with Crippen molar-refractivity contribution in [1.82, 2.24) is 0 Å². The highest BCUT2D eigenvalue weighted by Crippen LogP contribution is 2.44. The quantitative estimate of drug-likeness (QED) is 0.802. The van der Waals surface area contributed by atoms with E-state index >= 15 is 0 Å². The SMILES string of the molecule is O=C(CC1(C(=O)O)CCC1)Nc1ccccc1Oc1cc(F)cc(F)c1. The monoisotopic (exact) mass is 361 g/mol. The fraction of sp³-hybridized carbons (Fsp3) is 0.263. The van der Waals surface area contributed by atoms with Crippen LogP contribution in [0.1, 0.15) is 25.7 Å². The van der Waals surface area contributed by atoms with Crippen molar-refractivity contribution >= 4 is 17.6 Å². The molecule has 136 valence electrons. The molecule has 0 radical (unpaired) electrons. The van der Waals surface area contributed by atoms with E-state index in [9.17, 15) is 23.5 Å². The zero-order chi connectivity index (χ0) is 18.7. The van der Waals surface area contributed by atoms with E-state index in [1.807, 2.05) is 0 Å². The highest BCUT2D eigenvalue weighted by molar-refractivity contribution is 5.95. The summed E-state index contributed by atoms with van der Waals surface area (Å²) < 4.78 is 32.1. The highest BCUT2D eigenvalue weighted by atomic mass is 19.1. The molecular formula is C19H17F2NO4. The molecule has 0 aliphatic heterocycles. The van der Waals surface area contributed by atoms with Gasteiger partial charge in [0.25, 0.3) is 0 Å². The Kier molecular flexibility index (Phi) is 4.88. The third kappa shape index (κ3) is 3.82. The summed E-state index contributed by atoms with van der Waals surface area (Å²) in [6.07, 6.45) is 1.59. The van der Waals surface area contributed by atoms with Gasteiger partial charge < -0.3 is 15.2 Å². The lowest BCUT2D eigenvalue weighted by molar-refractivity contribution is -0.157. The number of carbonyl (C=O) groups is 2. The second-order valence-electron chi connectivity index (χ2n) is 6.37. The number of carboxylic acids is 1. The summed E-state index contributed by atoms with van der Waals surface area (Å²) in [6, 6.07) is 9.18. The van der Waals surface area contributed by atoms with Gasteiger partial charge in [-0.15, -0.1) is 0 Å². The molecule has 26 heavy (non-hydrogen) atoms. The molecule has 1 aliphatic carbocycles. The topological polar surface area (TPSA) is 75.6 Å². The summed E-state index contributed by atoms with van der Waals surface area (Å²) in [6.45, 7) is 0. The van der Waals surface area contributed by atoms with Gasteiger partial charge in [0.15, 0.2) is 5.75 Å². The molecule has 2 aromatic carbocycles. The molecule has 1 fully saturated rings. The molecule has 1 saturated carbocycles. The molecule has 0 aromatic heterocycles. The van der Waals surface area contributed by atoms with Crippen LogP contribution in [0.5, 0.6) is 11.5 Å². The van der Waals surface area contributed by atoms with Crippen molar-refractivity contribution in [2.24, 2.45) is 5.41 Å². The van der Waals surface area contributed by atoms with Crippen LogP contribution in [0.4, 0.5) is 14.5 Å². The van der Waals surface area contributed by atoms with Crippen molar-refractivity contribution < 1.29 is 28.2 Å². The van der Waals surface area contributed by atoms with E-state index in [1.54, 1.807) is 18.2 Å². The van der Waals surface area contributed by atoms with Crippen LogP contribution in [-0.2, 0) is 9.59 Å². The van der Waals surface area contributed by atoms with Crippen LogP contribution in [0.2, 0.25) is 0 Å². The highest BCUT2D eigenvalue weighted by Gasteiger charge is 2.45. The first kappa shape index (κ1) is 17.8. The molecule has 5 nitrogen and oxygen atoms in total. The summed E-state index contributed by atoms with van der Waals surface area (Å²) in [7, 11) is 0.